The van der Waals surface area contributed by atoms with Gasteiger partial charge in [0.05, 0.1) is 13.2 Å². The number of fused-ring (bicyclic) bond motifs is 1. The van der Waals surface area contributed by atoms with Gasteiger partial charge < -0.3 is 9.47 Å². The van der Waals surface area contributed by atoms with Crippen LogP contribution in [-0.2, 0) is 9.47 Å². The van der Waals surface area contributed by atoms with Gasteiger partial charge in [0.25, 0.3) is 0 Å². The summed E-state index contributed by atoms with van der Waals surface area (Å²) in [7, 11) is 0. The predicted molar refractivity (Wildman–Crippen MR) is 52.7 cm³/mol. The van der Waals surface area contributed by atoms with Crippen LogP contribution in [0, 0.1) is 29.1 Å². The van der Waals surface area contributed by atoms with E-state index in [9.17, 15) is 0 Å². The van der Waals surface area contributed by atoms with E-state index >= 15 is 0 Å². The maximum atomic E-state index is 5.95. The number of hydrogen-bond donors (Lipinski definition) is 0. The van der Waals surface area contributed by atoms with E-state index in [1.165, 1.54) is 12.8 Å². The molecule has 3 saturated heterocycles. The van der Waals surface area contributed by atoms with E-state index < -0.39 is 0 Å². The summed E-state index contributed by atoms with van der Waals surface area (Å²) in [5.41, 5.74) is 1.69. The first-order valence-electron chi connectivity index (χ1n) is 5.79. The van der Waals surface area contributed by atoms with Crippen LogP contribution in [0.4, 0.5) is 0 Å². The molecule has 3 heteroatoms. The maximum Gasteiger partial charge on any atom is 0.109 e. The summed E-state index contributed by atoms with van der Waals surface area (Å²) in [6.45, 7) is 2.06. The van der Waals surface area contributed by atoms with E-state index in [2.05, 4.69) is 0 Å². The Hall–Kier alpha value is 0.270. The minimum atomic E-state index is 0.494. The van der Waals surface area contributed by atoms with Gasteiger partial charge in [-0.05, 0) is 30.1 Å². The van der Waals surface area contributed by atoms with Gasteiger partial charge in [-0.15, -0.1) is 0 Å². The van der Waals surface area contributed by atoms with Crippen molar-refractivity contribution in [3.63, 3.8) is 0 Å². The number of ether oxygens (including phenoxy) is 2. The first kappa shape index (κ1) is 7.53. The summed E-state index contributed by atoms with van der Waals surface area (Å²) in [5.74, 6) is 3.52. The van der Waals surface area contributed by atoms with Crippen molar-refractivity contribution in [2.75, 3.05) is 13.2 Å². The molecule has 5 rings (SSSR count). The second-order valence-electron chi connectivity index (χ2n) is 5.65. The SMILES string of the molecule is C1O[C@@H]2S[C@@H]3OC[C@H]4[C@H]1[C@H]2C1(CC1)[C@@H]43. The summed E-state index contributed by atoms with van der Waals surface area (Å²) in [4.78, 5) is 0. The Morgan fingerprint density at radius 2 is 1.50 bits per heavy atom. The molecule has 6 atom stereocenters. The lowest BCUT2D eigenvalue weighted by Gasteiger charge is -2.37. The summed E-state index contributed by atoms with van der Waals surface area (Å²) in [6, 6.07) is 0. The van der Waals surface area contributed by atoms with Crippen LogP contribution in [-0.4, -0.2) is 24.1 Å². The van der Waals surface area contributed by atoms with Crippen molar-refractivity contribution >= 4 is 11.8 Å². The zero-order valence-electron chi connectivity index (χ0n) is 8.02. The molecule has 2 nitrogen and oxygen atoms in total. The molecule has 3 aliphatic heterocycles. The second-order valence-corrected chi connectivity index (χ2v) is 6.85. The van der Waals surface area contributed by atoms with Crippen LogP contribution in [0.1, 0.15) is 12.8 Å². The molecule has 0 unspecified atom stereocenters. The Labute approximate surface area is 87.7 Å². The lowest BCUT2D eigenvalue weighted by atomic mass is 9.84. The molecule has 0 radical (unpaired) electrons. The normalized spacial score (nSPS) is 65.1. The molecule has 76 valence electrons. The van der Waals surface area contributed by atoms with Gasteiger partial charge in [-0.25, -0.2) is 0 Å². The van der Waals surface area contributed by atoms with Gasteiger partial charge in [-0.2, -0.15) is 0 Å². The highest BCUT2D eigenvalue weighted by atomic mass is 32.2. The van der Waals surface area contributed by atoms with Gasteiger partial charge in [0.1, 0.15) is 10.9 Å². The van der Waals surface area contributed by atoms with Crippen molar-refractivity contribution in [2.45, 2.75) is 23.7 Å². The third kappa shape index (κ3) is 0.593. The maximum absolute atomic E-state index is 5.95. The third-order valence-electron chi connectivity index (χ3n) is 5.39. The van der Waals surface area contributed by atoms with Crippen LogP contribution in [0.3, 0.4) is 0 Å². The molecular formula is C11H14O2S. The quantitative estimate of drug-likeness (QED) is 0.606. The van der Waals surface area contributed by atoms with Crippen LogP contribution >= 0.6 is 11.8 Å². The summed E-state index contributed by atoms with van der Waals surface area (Å²) in [6.07, 6.45) is 2.94. The van der Waals surface area contributed by atoms with E-state index in [1.54, 1.807) is 0 Å². The molecule has 0 aromatic rings. The lowest BCUT2D eigenvalue weighted by molar-refractivity contribution is 0.0722. The number of hydrogen-bond acceptors (Lipinski definition) is 3. The molecule has 0 aromatic heterocycles. The Morgan fingerprint density at radius 3 is 2.00 bits per heavy atom. The molecule has 0 amide bonds. The van der Waals surface area contributed by atoms with E-state index in [4.69, 9.17) is 9.47 Å². The van der Waals surface area contributed by atoms with Crippen LogP contribution in [0.25, 0.3) is 0 Å². The topological polar surface area (TPSA) is 18.5 Å². The molecule has 0 N–H and O–H groups in total. The second kappa shape index (κ2) is 2.04. The number of thioether (sulfide) groups is 1. The molecule has 2 aliphatic carbocycles. The predicted octanol–water partition coefficient (Wildman–Crippen LogP) is 1.70. The molecular weight excluding hydrogens is 196 g/mol. The van der Waals surface area contributed by atoms with Gasteiger partial charge in [-0.1, -0.05) is 11.8 Å². The average Bonchev–Trinajstić information content (AvgIpc) is 2.61. The monoisotopic (exact) mass is 210 g/mol. The number of rotatable bonds is 0. The fourth-order valence-corrected chi connectivity index (χ4v) is 6.68. The first-order chi connectivity index (χ1) is 6.90. The summed E-state index contributed by atoms with van der Waals surface area (Å²) in [5, 5.41) is 0. The van der Waals surface area contributed by atoms with Gasteiger partial charge in [0.2, 0.25) is 0 Å². The highest BCUT2D eigenvalue weighted by molar-refractivity contribution is 8.00. The summed E-state index contributed by atoms with van der Waals surface area (Å²) >= 11 is 1.99. The van der Waals surface area contributed by atoms with Crippen molar-refractivity contribution in [2.24, 2.45) is 29.1 Å². The minimum Gasteiger partial charge on any atom is -0.367 e. The highest BCUT2D eigenvalue weighted by Gasteiger charge is 2.76. The van der Waals surface area contributed by atoms with Crippen LogP contribution in [0.15, 0.2) is 0 Å². The van der Waals surface area contributed by atoms with Gasteiger partial charge in [-0.3, -0.25) is 0 Å². The summed E-state index contributed by atoms with van der Waals surface area (Å²) < 4.78 is 11.9. The van der Waals surface area contributed by atoms with Crippen LogP contribution in [0.2, 0.25) is 0 Å². The van der Waals surface area contributed by atoms with Crippen molar-refractivity contribution in [1.29, 1.82) is 0 Å². The van der Waals surface area contributed by atoms with Crippen molar-refractivity contribution in [3.8, 4) is 0 Å². The van der Waals surface area contributed by atoms with Crippen LogP contribution < -0.4 is 0 Å². The molecule has 2 bridgehead atoms. The first-order valence-corrected chi connectivity index (χ1v) is 6.73. The Kier molecular flexibility index (Phi) is 1.10. The molecule has 3 heterocycles. The zero-order chi connectivity index (χ0) is 8.91. The largest absolute Gasteiger partial charge is 0.367 e. The zero-order valence-corrected chi connectivity index (χ0v) is 8.83. The van der Waals surface area contributed by atoms with Crippen molar-refractivity contribution < 1.29 is 9.47 Å². The fraction of sp³-hybridized carbons (Fsp3) is 1.00. The molecule has 2 saturated carbocycles. The average molecular weight is 210 g/mol. The molecule has 1 spiro atoms. The van der Waals surface area contributed by atoms with Crippen LogP contribution in [0.5, 0.6) is 0 Å². The Balaban J connectivity index is 1.75. The van der Waals surface area contributed by atoms with Gasteiger partial charge in [0.15, 0.2) is 0 Å². The van der Waals surface area contributed by atoms with E-state index in [1.807, 2.05) is 11.8 Å². The molecule has 5 fully saturated rings. The smallest absolute Gasteiger partial charge is 0.109 e. The third-order valence-corrected chi connectivity index (χ3v) is 6.78. The molecule has 0 aromatic carbocycles. The highest BCUT2D eigenvalue weighted by Crippen LogP contribution is 2.78. The van der Waals surface area contributed by atoms with Crippen molar-refractivity contribution in [3.05, 3.63) is 0 Å². The van der Waals surface area contributed by atoms with E-state index in [0.717, 1.165) is 36.9 Å². The lowest BCUT2D eigenvalue weighted by Crippen LogP contribution is -2.36. The van der Waals surface area contributed by atoms with E-state index in [-0.39, 0.29) is 0 Å². The van der Waals surface area contributed by atoms with Gasteiger partial charge in [0, 0.05) is 11.8 Å². The molecule has 14 heavy (non-hydrogen) atoms. The Bertz CT molecular complexity index is 288. The standard InChI is InChI=1S/C11H14O2S/c1-2-11(1)7-5-3-12-9(7)14-10-8(11)6(5)4-13-10/h5-10H,1-4H2/t5-,6-,7-,8+,9-,10+/m0/s1. The fourth-order valence-electron chi connectivity index (χ4n) is 4.82. The van der Waals surface area contributed by atoms with Crippen molar-refractivity contribution in [1.82, 2.24) is 0 Å². The molecule has 5 aliphatic rings. The van der Waals surface area contributed by atoms with E-state index in [0.29, 0.717) is 16.3 Å². The Morgan fingerprint density at radius 1 is 0.929 bits per heavy atom. The minimum absolute atomic E-state index is 0.494. The van der Waals surface area contributed by atoms with Gasteiger partial charge >= 0.3 is 0 Å².